The Morgan fingerprint density at radius 2 is 1.88 bits per heavy atom. The highest BCUT2D eigenvalue weighted by atomic mass is 35.5. The minimum Gasteiger partial charge on any atom is -0.312 e. The number of amides is 1. The van der Waals surface area contributed by atoms with E-state index in [0.717, 1.165) is 17.7 Å². The maximum absolute atomic E-state index is 13.1. The summed E-state index contributed by atoms with van der Waals surface area (Å²) in [6, 6.07) is 10.8. The van der Waals surface area contributed by atoms with Crippen LogP contribution in [0.1, 0.15) is 18.1 Å². The first-order valence-electron chi connectivity index (χ1n) is 7.74. The highest BCUT2D eigenvalue weighted by Gasteiger charge is 2.24. The van der Waals surface area contributed by atoms with Crippen molar-refractivity contribution in [2.24, 2.45) is 0 Å². The third kappa shape index (κ3) is 5.03. The van der Waals surface area contributed by atoms with Gasteiger partial charge in [-0.15, -0.1) is 0 Å². The van der Waals surface area contributed by atoms with Crippen LogP contribution in [0.5, 0.6) is 0 Å². The van der Waals surface area contributed by atoms with E-state index in [1.54, 1.807) is 19.1 Å². The van der Waals surface area contributed by atoms with Gasteiger partial charge in [0.25, 0.3) is 0 Å². The van der Waals surface area contributed by atoms with Crippen molar-refractivity contribution < 1.29 is 17.6 Å². The van der Waals surface area contributed by atoms with Gasteiger partial charge in [0, 0.05) is 17.3 Å². The molecule has 0 aliphatic rings. The lowest BCUT2D eigenvalue weighted by molar-refractivity contribution is -0.116. The maximum atomic E-state index is 13.1. The zero-order valence-corrected chi connectivity index (χ0v) is 15.6. The quantitative estimate of drug-likeness (QED) is 0.763. The molecule has 0 aromatic heterocycles. The molecule has 0 heterocycles. The zero-order valence-electron chi connectivity index (χ0n) is 14.0. The summed E-state index contributed by atoms with van der Waals surface area (Å²) in [6.07, 6.45) is 0. The number of carbonyl (C=O) groups is 1. The van der Waals surface area contributed by atoms with Crippen LogP contribution in [0, 0.1) is 12.7 Å². The summed E-state index contributed by atoms with van der Waals surface area (Å²) in [6.45, 7) is 4.00. The predicted molar refractivity (Wildman–Crippen MR) is 98.1 cm³/mol. The summed E-state index contributed by atoms with van der Waals surface area (Å²) in [7, 11) is -3.74. The summed E-state index contributed by atoms with van der Waals surface area (Å²) in [4.78, 5) is 14.0. The predicted octanol–water partition coefficient (Wildman–Crippen LogP) is 3.76. The molecule has 4 nitrogen and oxygen atoms in total. The molecule has 0 bridgehead atoms. The molecule has 0 aliphatic carbocycles. The van der Waals surface area contributed by atoms with E-state index in [0.29, 0.717) is 12.2 Å². The Morgan fingerprint density at radius 1 is 1.20 bits per heavy atom. The number of sulfone groups is 1. The van der Waals surface area contributed by atoms with Gasteiger partial charge in [0.1, 0.15) is 11.6 Å². The lowest BCUT2D eigenvalue weighted by Gasteiger charge is -2.23. The van der Waals surface area contributed by atoms with Crippen molar-refractivity contribution in [3.05, 3.63) is 64.4 Å². The molecule has 0 aliphatic heterocycles. The van der Waals surface area contributed by atoms with E-state index in [1.165, 1.54) is 11.0 Å². The number of benzene rings is 2. The van der Waals surface area contributed by atoms with Crippen LogP contribution in [0.15, 0.2) is 42.5 Å². The number of nitrogens with zero attached hydrogens (tertiary/aromatic N) is 1. The lowest BCUT2D eigenvalue weighted by Crippen LogP contribution is -2.36. The van der Waals surface area contributed by atoms with Crippen LogP contribution in [0.25, 0.3) is 0 Å². The molecule has 0 spiro atoms. The average Bonchev–Trinajstić information content (AvgIpc) is 2.52. The van der Waals surface area contributed by atoms with Gasteiger partial charge >= 0.3 is 0 Å². The molecule has 0 saturated carbocycles. The second-order valence-electron chi connectivity index (χ2n) is 5.69. The van der Waals surface area contributed by atoms with E-state index >= 15 is 0 Å². The second kappa shape index (κ2) is 7.97. The molecule has 2 aromatic rings. The van der Waals surface area contributed by atoms with E-state index in [2.05, 4.69) is 0 Å². The van der Waals surface area contributed by atoms with E-state index in [9.17, 15) is 17.6 Å². The van der Waals surface area contributed by atoms with Gasteiger partial charge in [0.15, 0.2) is 9.84 Å². The van der Waals surface area contributed by atoms with Crippen LogP contribution >= 0.6 is 11.6 Å². The smallest absolute Gasteiger partial charge is 0.242 e. The van der Waals surface area contributed by atoms with Gasteiger partial charge in [0.2, 0.25) is 5.91 Å². The Hall–Kier alpha value is -1.92. The summed E-state index contributed by atoms with van der Waals surface area (Å²) >= 11 is 5.88. The summed E-state index contributed by atoms with van der Waals surface area (Å²) < 4.78 is 37.8. The Kier molecular flexibility index (Phi) is 6.19. The van der Waals surface area contributed by atoms with E-state index in [4.69, 9.17) is 11.6 Å². The summed E-state index contributed by atoms with van der Waals surface area (Å²) in [5.41, 5.74) is 1.84. The zero-order chi connectivity index (χ0) is 18.6. The van der Waals surface area contributed by atoms with Gasteiger partial charge in [-0.2, -0.15) is 0 Å². The van der Waals surface area contributed by atoms with Crippen molar-refractivity contribution in [2.45, 2.75) is 19.6 Å². The molecule has 2 rings (SSSR count). The van der Waals surface area contributed by atoms with Crippen molar-refractivity contribution in [1.29, 1.82) is 0 Å². The Morgan fingerprint density at radius 3 is 2.48 bits per heavy atom. The normalized spacial score (nSPS) is 11.4. The highest BCUT2D eigenvalue weighted by molar-refractivity contribution is 7.91. The van der Waals surface area contributed by atoms with E-state index < -0.39 is 33.1 Å². The average molecular weight is 384 g/mol. The Bertz CT molecular complexity index is 884. The van der Waals surface area contributed by atoms with Crippen LogP contribution in [-0.2, 0) is 20.4 Å². The number of aryl methyl sites for hydroxylation is 1. The first kappa shape index (κ1) is 19.4. The fourth-order valence-electron chi connectivity index (χ4n) is 2.54. The van der Waals surface area contributed by atoms with E-state index in [-0.39, 0.29) is 10.6 Å². The van der Waals surface area contributed by atoms with Crippen LogP contribution < -0.4 is 4.90 Å². The molecule has 0 atom stereocenters. The molecule has 7 heteroatoms. The maximum Gasteiger partial charge on any atom is 0.242 e. The van der Waals surface area contributed by atoms with Crippen LogP contribution in [0.2, 0.25) is 5.02 Å². The van der Waals surface area contributed by atoms with Gasteiger partial charge in [-0.1, -0.05) is 35.9 Å². The largest absolute Gasteiger partial charge is 0.312 e. The van der Waals surface area contributed by atoms with Gasteiger partial charge < -0.3 is 4.90 Å². The molecule has 1 amide bonds. The monoisotopic (exact) mass is 383 g/mol. The topological polar surface area (TPSA) is 54.5 Å². The van der Waals surface area contributed by atoms with Crippen molar-refractivity contribution in [2.75, 3.05) is 17.2 Å². The van der Waals surface area contributed by atoms with Crippen LogP contribution in [0.4, 0.5) is 10.1 Å². The summed E-state index contributed by atoms with van der Waals surface area (Å²) in [5.74, 6) is -2.10. The molecular weight excluding hydrogens is 365 g/mol. The third-order valence-corrected chi connectivity index (χ3v) is 5.55. The molecule has 134 valence electrons. The number of anilines is 1. The molecule has 25 heavy (non-hydrogen) atoms. The molecular formula is C18H19ClFNO3S. The minimum atomic E-state index is -3.74. The van der Waals surface area contributed by atoms with Gasteiger partial charge in [-0.3, -0.25) is 4.79 Å². The molecule has 0 fully saturated rings. The number of hydrogen-bond donors (Lipinski definition) is 0. The van der Waals surface area contributed by atoms with Crippen molar-refractivity contribution >= 4 is 33.0 Å². The standard InChI is InChI=1S/C18H19ClFNO3S/c1-3-21(17-7-5-4-6-13(17)2)18(22)12-25(23,24)11-14-8-9-15(20)10-16(14)19/h4-10H,3,11-12H2,1-2H3. The first-order chi connectivity index (χ1) is 11.7. The van der Waals surface area contributed by atoms with Crippen molar-refractivity contribution in [3.8, 4) is 0 Å². The molecule has 0 unspecified atom stereocenters. The summed E-state index contributed by atoms with van der Waals surface area (Å²) in [5, 5.41) is 0.0299. The van der Waals surface area contributed by atoms with Crippen LogP contribution in [0.3, 0.4) is 0 Å². The van der Waals surface area contributed by atoms with Gasteiger partial charge in [-0.25, -0.2) is 12.8 Å². The molecule has 0 radical (unpaired) electrons. The number of hydrogen-bond acceptors (Lipinski definition) is 3. The minimum absolute atomic E-state index is 0.0299. The lowest BCUT2D eigenvalue weighted by atomic mass is 10.2. The fourth-order valence-corrected chi connectivity index (χ4v) is 4.21. The third-order valence-electron chi connectivity index (χ3n) is 3.76. The number of para-hydroxylation sites is 1. The van der Waals surface area contributed by atoms with Gasteiger partial charge in [-0.05, 0) is 43.2 Å². The molecule has 0 N–H and O–H groups in total. The second-order valence-corrected chi connectivity index (χ2v) is 8.16. The van der Waals surface area contributed by atoms with Gasteiger partial charge in [0.05, 0.1) is 5.75 Å². The number of rotatable bonds is 6. The van der Waals surface area contributed by atoms with Crippen molar-refractivity contribution in [3.63, 3.8) is 0 Å². The first-order valence-corrected chi connectivity index (χ1v) is 9.94. The highest BCUT2D eigenvalue weighted by Crippen LogP contribution is 2.22. The van der Waals surface area contributed by atoms with Crippen molar-refractivity contribution in [1.82, 2.24) is 0 Å². The molecule has 0 saturated heterocycles. The Labute approximate surface area is 152 Å². The van der Waals surface area contributed by atoms with Crippen LogP contribution in [-0.4, -0.2) is 26.6 Å². The number of carbonyl (C=O) groups excluding carboxylic acids is 1. The Balaban J connectivity index is 2.18. The van der Waals surface area contributed by atoms with E-state index in [1.807, 2.05) is 19.1 Å². The SMILES string of the molecule is CCN(C(=O)CS(=O)(=O)Cc1ccc(F)cc1Cl)c1ccccc1C. The fraction of sp³-hybridized carbons (Fsp3) is 0.278. The molecule has 2 aromatic carbocycles. The number of halogens is 2.